The third kappa shape index (κ3) is 7.91. The lowest BCUT2D eigenvalue weighted by molar-refractivity contribution is -0.0960. The maximum absolute atomic E-state index is 9.10. The average molecular weight is 266 g/mol. The van der Waals surface area contributed by atoms with E-state index in [1.165, 1.54) is 0 Å². The van der Waals surface area contributed by atoms with Crippen LogP contribution in [0.3, 0.4) is 0 Å². The summed E-state index contributed by atoms with van der Waals surface area (Å²) in [5, 5.41) is 10.8. The van der Waals surface area contributed by atoms with Gasteiger partial charge in [-0.15, -0.1) is 0 Å². The van der Waals surface area contributed by atoms with Gasteiger partial charge in [-0.05, 0) is 24.6 Å². The Morgan fingerprint density at radius 3 is 2.46 bits per heavy atom. The Bertz CT molecular complexity index is 149. The summed E-state index contributed by atoms with van der Waals surface area (Å²) < 4.78 is 3.09. The van der Waals surface area contributed by atoms with Crippen LogP contribution in [0.15, 0.2) is 0 Å². The lowest BCUT2D eigenvalue weighted by Crippen LogP contribution is -2.28. The summed E-state index contributed by atoms with van der Waals surface area (Å²) >= 11 is 20.7. The first-order valence-corrected chi connectivity index (χ1v) is 5.39. The van der Waals surface area contributed by atoms with Gasteiger partial charge in [-0.2, -0.15) is 0 Å². The molecule has 0 aliphatic heterocycles. The molecular formula is C7H11Cl3O2S. The Labute approximate surface area is 98.1 Å². The monoisotopic (exact) mass is 264 g/mol. The van der Waals surface area contributed by atoms with Crippen molar-refractivity contribution < 1.29 is 9.84 Å². The number of thiocarbonyl (C=S) groups is 1. The van der Waals surface area contributed by atoms with Crippen LogP contribution in [0.2, 0.25) is 0 Å². The van der Waals surface area contributed by atoms with Crippen LogP contribution >= 0.6 is 47.0 Å². The fourth-order valence-electron chi connectivity index (χ4n) is 0.619. The molecule has 13 heavy (non-hydrogen) atoms. The molecule has 1 N–H and O–H groups in total. The van der Waals surface area contributed by atoms with E-state index in [9.17, 15) is 0 Å². The van der Waals surface area contributed by atoms with Crippen LogP contribution in [0.25, 0.3) is 0 Å². The summed E-state index contributed by atoms with van der Waals surface area (Å²) in [4.78, 5) is 0. The third-order valence-corrected chi connectivity index (χ3v) is 2.07. The molecule has 0 fully saturated rings. The first-order chi connectivity index (χ1) is 5.98. The summed E-state index contributed by atoms with van der Waals surface area (Å²) in [5.74, 6) is 0. The van der Waals surface area contributed by atoms with Gasteiger partial charge in [0.05, 0.1) is 0 Å². The van der Waals surface area contributed by atoms with E-state index in [1.54, 1.807) is 5.37 Å². The van der Waals surface area contributed by atoms with Crippen molar-refractivity contribution in [3.8, 4) is 0 Å². The van der Waals surface area contributed by atoms with Crippen LogP contribution in [0.1, 0.15) is 19.3 Å². The first kappa shape index (κ1) is 13.9. The number of aliphatic hydroxyl groups excluding tert-OH is 1. The topological polar surface area (TPSA) is 29.5 Å². The molecule has 1 unspecified atom stereocenters. The molecule has 0 aliphatic rings. The number of alkyl halides is 3. The molecule has 0 aromatic rings. The smallest absolute Gasteiger partial charge is 0.240 e. The van der Waals surface area contributed by atoms with Crippen LogP contribution in [-0.2, 0) is 4.74 Å². The van der Waals surface area contributed by atoms with Gasteiger partial charge in [0.25, 0.3) is 0 Å². The Kier molecular flexibility index (Phi) is 7.70. The second-order valence-corrected chi connectivity index (χ2v) is 5.13. The van der Waals surface area contributed by atoms with Crippen LogP contribution in [0.5, 0.6) is 0 Å². The quantitative estimate of drug-likeness (QED) is 0.347. The molecule has 0 saturated heterocycles. The van der Waals surface area contributed by atoms with E-state index in [1.807, 2.05) is 0 Å². The fourth-order valence-corrected chi connectivity index (χ4v) is 0.975. The Morgan fingerprint density at radius 1 is 1.38 bits per heavy atom. The third-order valence-electron chi connectivity index (χ3n) is 1.27. The molecule has 2 nitrogen and oxygen atoms in total. The maximum atomic E-state index is 9.10. The molecule has 0 aliphatic carbocycles. The normalized spacial score (nSPS) is 14.2. The molecule has 6 heteroatoms. The summed E-state index contributed by atoms with van der Waals surface area (Å²) in [6.07, 6.45) is 1.17. The molecule has 78 valence electrons. The zero-order chi connectivity index (χ0) is 10.3. The zero-order valence-electron chi connectivity index (χ0n) is 6.88. The van der Waals surface area contributed by atoms with Crippen molar-refractivity contribution in [1.29, 1.82) is 0 Å². The first-order valence-electron chi connectivity index (χ1n) is 3.78. The van der Waals surface area contributed by atoms with Crippen molar-refractivity contribution >= 4 is 52.4 Å². The molecule has 0 spiro atoms. The highest BCUT2D eigenvalue weighted by molar-refractivity contribution is 7.78. The van der Waals surface area contributed by atoms with E-state index in [2.05, 4.69) is 12.2 Å². The van der Waals surface area contributed by atoms with Crippen LogP contribution in [-0.4, -0.2) is 27.2 Å². The van der Waals surface area contributed by atoms with Gasteiger partial charge in [0.1, 0.15) is 0 Å². The highest BCUT2D eigenvalue weighted by Gasteiger charge is 2.31. The number of aliphatic hydroxyl groups is 1. The van der Waals surface area contributed by atoms with E-state index in [-0.39, 0.29) is 0 Å². The number of halogens is 3. The highest BCUT2D eigenvalue weighted by Crippen LogP contribution is 2.30. The maximum Gasteiger partial charge on any atom is 0.240 e. The Morgan fingerprint density at radius 2 is 2.00 bits per heavy atom. The Balaban J connectivity index is 3.37. The average Bonchev–Trinajstić information content (AvgIpc) is 2.02. The van der Waals surface area contributed by atoms with E-state index in [0.717, 1.165) is 19.3 Å². The summed E-state index contributed by atoms with van der Waals surface area (Å²) in [5.41, 5.74) is 0. The fraction of sp³-hybridized carbons (Fsp3) is 0.857. The molecule has 0 bridgehead atoms. The van der Waals surface area contributed by atoms with Gasteiger partial charge in [-0.25, -0.2) is 0 Å². The molecule has 0 saturated carbocycles. The SMILES string of the molecule is OC(OCCCCC=S)C(Cl)(Cl)Cl. The van der Waals surface area contributed by atoms with Crippen molar-refractivity contribution in [2.75, 3.05) is 6.61 Å². The van der Waals surface area contributed by atoms with Gasteiger partial charge in [0.15, 0.2) is 0 Å². The number of ether oxygens (including phenoxy) is 1. The van der Waals surface area contributed by atoms with Crippen molar-refractivity contribution in [3.63, 3.8) is 0 Å². The van der Waals surface area contributed by atoms with E-state index in [4.69, 9.17) is 44.6 Å². The van der Waals surface area contributed by atoms with Gasteiger partial charge in [-0.1, -0.05) is 47.0 Å². The van der Waals surface area contributed by atoms with E-state index < -0.39 is 10.1 Å². The zero-order valence-corrected chi connectivity index (χ0v) is 9.97. The van der Waals surface area contributed by atoms with Gasteiger partial charge >= 0.3 is 0 Å². The standard InChI is InChI=1S/C7H11Cl3O2S/c8-7(9,10)6(11)12-4-2-1-3-5-13/h5-6,11H,1-4H2. The van der Waals surface area contributed by atoms with Gasteiger partial charge < -0.3 is 9.84 Å². The van der Waals surface area contributed by atoms with Crippen molar-refractivity contribution in [3.05, 3.63) is 0 Å². The van der Waals surface area contributed by atoms with Crippen LogP contribution < -0.4 is 0 Å². The largest absolute Gasteiger partial charge is 0.365 e. The van der Waals surface area contributed by atoms with Gasteiger partial charge in [-0.3, -0.25) is 0 Å². The van der Waals surface area contributed by atoms with E-state index in [0.29, 0.717) is 6.61 Å². The molecule has 0 aromatic heterocycles. The number of hydrogen-bond acceptors (Lipinski definition) is 3. The molecular weight excluding hydrogens is 255 g/mol. The highest BCUT2D eigenvalue weighted by atomic mass is 35.6. The molecule has 0 heterocycles. The lowest BCUT2D eigenvalue weighted by Gasteiger charge is -2.18. The van der Waals surface area contributed by atoms with E-state index >= 15 is 0 Å². The lowest BCUT2D eigenvalue weighted by atomic mass is 10.3. The molecule has 0 aromatic carbocycles. The van der Waals surface area contributed by atoms with Crippen molar-refractivity contribution in [2.24, 2.45) is 0 Å². The van der Waals surface area contributed by atoms with Gasteiger partial charge in [0, 0.05) is 6.61 Å². The van der Waals surface area contributed by atoms with Crippen LogP contribution in [0.4, 0.5) is 0 Å². The van der Waals surface area contributed by atoms with Crippen LogP contribution in [0, 0.1) is 0 Å². The number of rotatable bonds is 6. The predicted molar refractivity (Wildman–Crippen MR) is 59.8 cm³/mol. The van der Waals surface area contributed by atoms with Crippen molar-refractivity contribution in [1.82, 2.24) is 0 Å². The summed E-state index contributed by atoms with van der Waals surface area (Å²) in [7, 11) is 0. The second-order valence-electron chi connectivity index (χ2n) is 2.43. The summed E-state index contributed by atoms with van der Waals surface area (Å²) in [6.45, 7) is 0.359. The van der Waals surface area contributed by atoms with Gasteiger partial charge in [0.2, 0.25) is 10.1 Å². The predicted octanol–water partition coefficient (Wildman–Crippen LogP) is 2.86. The second kappa shape index (κ2) is 7.21. The summed E-state index contributed by atoms with van der Waals surface area (Å²) in [6, 6.07) is 0. The Hall–Kier alpha value is 0.880. The molecule has 0 radical (unpaired) electrons. The minimum Gasteiger partial charge on any atom is -0.365 e. The minimum atomic E-state index is -1.77. The molecule has 1 atom stereocenters. The number of unbranched alkanes of at least 4 members (excludes halogenated alkanes) is 2. The molecule has 0 amide bonds. The molecule has 0 rings (SSSR count). The number of hydrogen-bond donors (Lipinski definition) is 1. The minimum absolute atomic E-state index is 0.359. The van der Waals surface area contributed by atoms with Crippen molar-refractivity contribution in [2.45, 2.75) is 29.3 Å².